The van der Waals surface area contributed by atoms with Gasteiger partial charge in [-0.05, 0) is 81.2 Å². The summed E-state index contributed by atoms with van der Waals surface area (Å²) in [6, 6.07) is 11.7. The van der Waals surface area contributed by atoms with Crippen molar-refractivity contribution in [3.8, 4) is 11.3 Å². The van der Waals surface area contributed by atoms with Crippen LogP contribution in [0.2, 0.25) is 0 Å². The zero-order valence-electron chi connectivity index (χ0n) is 23.2. The lowest BCUT2D eigenvalue weighted by Crippen LogP contribution is -2.39. The van der Waals surface area contributed by atoms with E-state index in [0.29, 0.717) is 17.6 Å². The molecule has 0 amide bonds. The summed E-state index contributed by atoms with van der Waals surface area (Å²) in [6.45, 7) is 4.87. The van der Waals surface area contributed by atoms with Crippen molar-refractivity contribution in [1.29, 1.82) is 0 Å². The lowest BCUT2D eigenvalue weighted by atomic mass is 9.81. The number of hydrogen-bond acceptors (Lipinski definition) is 8. The summed E-state index contributed by atoms with van der Waals surface area (Å²) in [4.78, 5) is 12.7. The van der Waals surface area contributed by atoms with Gasteiger partial charge in [-0.25, -0.2) is 22.4 Å². The average Bonchev–Trinajstić information content (AvgIpc) is 3.74. The van der Waals surface area contributed by atoms with Gasteiger partial charge in [0, 0.05) is 54.5 Å². The summed E-state index contributed by atoms with van der Waals surface area (Å²) in [5, 5.41) is 7.51. The maximum Gasteiger partial charge on any atom is 0.269 e. The van der Waals surface area contributed by atoms with Crippen LogP contribution in [0.1, 0.15) is 67.5 Å². The number of thiazole rings is 1. The molecular weight excluding hydrogens is 555 g/mol. The Morgan fingerprint density at radius 1 is 1.00 bits per heavy atom. The number of pyridine rings is 1. The van der Waals surface area contributed by atoms with Gasteiger partial charge in [0.15, 0.2) is 5.65 Å². The van der Waals surface area contributed by atoms with E-state index in [1.165, 1.54) is 22.4 Å². The van der Waals surface area contributed by atoms with Crippen molar-refractivity contribution in [2.75, 3.05) is 32.8 Å². The van der Waals surface area contributed by atoms with Crippen LogP contribution in [0.25, 0.3) is 22.3 Å². The number of nitrogens with one attached hydrogen (secondary N) is 1. The van der Waals surface area contributed by atoms with Crippen LogP contribution in [0, 0.1) is 0 Å². The number of aromatic nitrogens is 3. The quantitative estimate of drug-likeness (QED) is 0.314. The van der Waals surface area contributed by atoms with E-state index in [4.69, 9.17) is 14.7 Å². The third-order valence-electron chi connectivity index (χ3n) is 9.03. The van der Waals surface area contributed by atoms with Gasteiger partial charge in [0.05, 0.1) is 23.2 Å². The second-order valence-electron chi connectivity index (χ2n) is 11.5. The van der Waals surface area contributed by atoms with Gasteiger partial charge in [0.25, 0.3) is 10.0 Å². The monoisotopic (exact) mass is 591 g/mol. The van der Waals surface area contributed by atoms with E-state index in [1.807, 2.05) is 12.3 Å². The van der Waals surface area contributed by atoms with Crippen LogP contribution in [-0.4, -0.2) is 66.1 Å². The number of nitrogens with zero attached hydrogens (tertiary/aromatic N) is 4. The molecule has 1 atom stereocenters. The summed E-state index contributed by atoms with van der Waals surface area (Å²) < 4.78 is 34.6. The summed E-state index contributed by atoms with van der Waals surface area (Å²) in [5.41, 5.74) is 3.29. The molecule has 1 N–H and O–H groups in total. The molecular formula is C31H37N5O3S2. The third-order valence-corrected chi connectivity index (χ3v) is 11.7. The lowest BCUT2D eigenvalue weighted by molar-refractivity contribution is 0.118. The molecule has 5 heterocycles. The molecule has 4 aromatic rings. The first kappa shape index (κ1) is 27.2. The van der Waals surface area contributed by atoms with Crippen LogP contribution in [-0.2, 0) is 14.8 Å². The van der Waals surface area contributed by atoms with Gasteiger partial charge < -0.3 is 10.1 Å². The predicted molar refractivity (Wildman–Crippen MR) is 162 cm³/mol. The van der Waals surface area contributed by atoms with Crippen LogP contribution in [0.5, 0.6) is 0 Å². The van der Waals surface area contributed by atoms with Gasteiger partial charge in [-0.15, -0.1) is 11.3 Å². The highest BCUT2D eigenvalue weighted by Crippen LogP contribution is 2.39. The third kappa shape index (κ3) is 5.36. The van der Waals surface area contributed by atoms with Gasteiger partial charge in [0.2, 0.25) is 0 Å². The number of benzene rings is 1. The first-order valence-corrected chi connectivity index (χ1v) is 17.2. The van der Waals surface area contributed by atoms with Crippen molar-refractivity contribution < 1.29 is 13.2 Å². The Labute approximate surface area is 245 Å². The Morgan fingerprint density at radius 2 is 1.85 bits per heavy atom. The normalized spacial score (nSPS) is 24.5. The minimum absolute atomic E-state index is 0.251. The molecule has 1 unspecified atom stereocenters. The molecule has 3 aliphatic rings. The summed E-state index contributed by atoms with van der Waals surface area (Å²) in [7, 11) is -3.82. The topological polar surface area (TPSA) is 89.4 Å². The summed E-state index contributed by atoms with van der Waals surface area (Å²) in [6.07, 6.45) is 11.5. The Morgan fingerprint density at radius 3 is 2.66 bits per heavy atom. The minimum atomic E-state index is -3.82. The van der Waals surface area contributed by atoms with Crippen molar-refractivity contribution in [2.24, 2.45) is 0 Å². The minimum Gasteiger partial charge on any atom is -0.380 e. The van der Waals surface area contributed by atoms with Crippen LogP contribution in [0.15, 0.2) is 59.1 Å². The average molecular weight is 592 g/mol. The predicted octanol–water partition coefficient (Wildman–Crippen LogP) is 5.57. The molecule has 1 saturated carbocycles. The molecule has 0 radical (unpaired) electrons. The SMILES string of the molecule is O=S(=O)(c1ccccc1)n1cc(-c2csc(C3CCCN3)n2)c2cc(C3CCC(N4CCCOCC4)CC3)cnc21. The molecule has 3 fully saturated rings. The largest absolute Gasteiger partial charge is 0.380 e. The standard InChI is InChI=1S/C31H37N5O3S2/c37-41(38,25-6-2-1-3-7-25)36-20-27(29-21-40-31(34-29)28-8-4-13-32-28)26-18-23(19-33-30(26)36)22-9-11-24(12-10-22)35-14-5-16-39-17-15-35/h1-3,6-7,18-22,24,28,32H,4-5,8-17H2. The molecule has 41 heavy (non-hydrogen) atoms. The first-order valence-electron chi connectivity index (χ1n) is 14.9. The van der Waals surface area contributed by atoms with E-state index >= 15 is 0 Å². The van der Waals surface area contributed by atoms with E-state index in [1.54, 1.807) is 41.8 Å². The van der Waals surface area contributed by atoms with Crippen molar-refractivity contribution in [3.63, 3.8) is 0 Å². The highest BCUT2D eigenvalue weighted by atomic mass is 32.2. The molecule has 10 heteroatoms. The zero-order chi connectivity index (χ0) is 27.8. The van der Waals surface area contributed by atoms with E-state index in [0.717, 1.165) is 86.6 Å². The number of hydrogen-bond donors (Lipinski definition) is 1. The van der Waals surface area contributed by atoms with Gasteiger partial charge in [-0.1, -0.05) is 18.2 Å². The highest BCUT2D eigenvalue weighted by Gasteiger charge is 2.29. The molecule has 1 aliphatic carbocycles. The number of fused-ring (bicyclic) bond motifs is 1. The second kappa shape index (κ2) is 11.6. The zero-order valence-corrected chi connectivity index (χ0v) is 24.9. The fraction of sp³-hybridized carbons (Fsp3) is 0.484. The van der Waals surface area contributed by atoms with E-state index in [-0.39, 0.29) is 10.9 Å². The molecule has 3 aromatic heterocycles. The fourth-order valence-corrected chi connectivity index (χ4v) is 9.06. The lowest BCUT2D eigenvalue weighted by Gasteiger charge is -2.36. The van der Waals surface area contributed by atoms with Crippen molar-refractivity contribution in [2.45, 2.75) is 67.8 Å². The van der Waals surface area contributed by atoms with E-state index in [2.05, 4.69) is 21.7 Å². The van der Waals surface area contributed by atoms with Crippen LogP contribution in [0.4, 0.5) is 0 Å². The maximum absolute atomic E-state index is 13.8. The van der Waals surface area contributed by atoms with Gasteiger partial charge in [0.1, 0.15) is 5.01 Å². The van der Waals surface area contributed by atoms with Crippen LogP contribution >= 0.6 is 11.3 Å². The Kier molecular flexibility index (Phi) is 7.68. The molecule has 216 valence electrons. The smallest absolute Gasteiger partial charge is 0.269 e. The highest BCUT2D eigenvalue weighted by molar-refractivity contribution is 7.90. The molecule has 2 aliphatic heterocycles. The summed E-state index contributed by atoms with van der Waals surface area (Å²) >= 11 is 1.64. The van der Waals surface area contributed by atoms with Crippen molar-refractivity contribution >= 4 is 32.4 Å². The molecule has 1 aromatic carbocycles. The molecule has 0 bridgehead atoms. The molecule has 8 nitrogen and oxygen atoms in total. The first-order chi connectivity index (χ1) is 20.1. The number of ether oxygens (including phenoxy) is 1. The van der Waals surface area contributed by atoms with E-state index < -0.39 is 10.0 Å². The molecule has 0 spiro atoms. The van der Waals surface area contributed by atoms with Crippen LogP contribution in [0.3, 0.4) is 0 Å². The Balaban J connectivity index is 1.23. The molecule has 7 rings (SSSR count). The van der Waals surface area contributed by atoms with Gasteiger partial charge >= 0.3 is 0 Å². The van der Waals surface area contributed by atoms with E-state index in [9.17, 15) is 8.42 Å². The maximum atomic E-state index is 13.8. The van der Waals surface area contributed by atoms with Crippen molar-refractivity contribution in [1.82, 2.24) is 24.2 Å². The Hall–Kier alpha value is -2.63. The molecule has 2 saturated heterocycles. The second-order valence-corrected chi connectivity index (χ2v) is 14.2. The summed E-state index contributed by atoms with van der Waals surface area (Å²) in [5.74, 6) is 0.419. The van der Waals surface area contributed by atoms with Gasteiger partial charge in [-0.3, -0.25) is 4.90 Å². The Bertz CT molecular complexity index is 1600. The van der Waals surface area contributed by atoms with Crippen LogP contribution < -0.4 is 5.32 Å². The van der Waals surface area contributed by atoms with Crippen molar-refractivity contribution in [3.05, 3.63) is 64.7 Å². The van der Waals surface area contributed by atoms with Gasteiger partial charge in [-0.2, -0.15) is 0 Å². The number of rotatable bonds is 6. The fourth-order valence-electron chi connectivity index (χ4n) is 6.78.